The van der Waals surface area contributed by atoms with E-state index in [-0.39, 0.29) is 0 Å². The highest BCUT2D eigenvalue weighted by Gasteiger charge is 1.77. The molecule has 0 aliphatic rings. The molecule has 0 aliphatic carbocycles. The predicted octanol–water partition coefficient (Wildman–Crippen LogP) is 3.11. The molecule has 0 N–H and O–H groups in total. The highest BCUT2D eigenvalue weighted by molar-refractivity contribution is 5.23. The quantitative estimate of drug-likeness (QED) is 0.655. The number of hydrogen-bond donors (Lipinski definition) is 0. The summed E-state index contributed by atoms with van der Waals surface area (Å²) in [6, 6.07) is 0. The maximum atomic E-state index is 3.78. The van der Waals surface area contributed by atoms with Gasteiger partial charge in [0.1, 0.15) is 0 Å². The van der Waals surface area contributed by atoms with Gasteiger partial charge in [0.15, 0.2) is 0 Å². The molecule has 1 aromatic heterocycles. The van der Waals surface area contributed by atoms with Crippen LogP contribution < -0.4 is 0 Å². The minimum absolute atomic E-state index is 1.07. The van der Waals surface area contributed by atoms with E-state index in [0.717, 1.165) is 11.1 Å². The molecule has 76 valence electrons. The van der Waals surface area contributed by atoms with Gasteiger partial charge in [-0.05, 0) is 13.8 Å². The van der Waals surface area contributed by atoms with Crippen molar-refractivity contribution in [1.82, 2.24) is 9.55 Å². The minimum Gasteiger partial charge on any atom is -0.341 e. The van der Waals surface area contributed by atoms with Crippen LogP contribution in [0.3, 0.4) is 0 Å². The van der Waals surface area contributed by atoms with Crippen LogP contribution in [0.15, 0.2) is 55.2 Å². The maximum absolute atomic E-state index is 3.78. The van der Waals surface area contributed by atoms with E-state index >= 15 is 0 Å². The molecular formula is C12H18N2. The van der Waals surface area contributed by atoms with Gasteiger partial charge in [-0.2, -0.15) is 0 Å². The first-order valence-corrected chi connectivity index (χ1v) is 4.44. The van der Waals surface area contributed by atoms with E-state index in [1.54, 1.807) is 12.5 Å². The van der Waals surface area contributed by atoms with E-state index in [1.807, 2.05) is 43.8 Å². The molecule has 0 atom stereocenters. The Hall–Kier alpha value is -1.57. The Balaban J connectivity index is 0.000000249. The highest BCUT2D eigenvalue weighted by atomic mass is 15.0. The third-order valence-corrected chi connectivity index (χ3v) is 1.43. The summed E-state index contributed by atoms with van der Waals surface area (Å²) in [6.45, 7) is 11.3. The molecule has 0 fully saturated rings. The summed E-state index contributed by atoms with van der Waals surface area (Å²) in [5.41, 5.74) is 2.24. The highest BCUT2D eigenvalue weighted by Crippen LogP contribution is 1.97. The van der Waals surface area contributed by atoms with Gasteiger partial charge in [-0.15, -0.1) is 0 Å². The average molecular weight is 190 g/mol. The Kier molecular flexibility index (Phi) is 6.12. The van der Waals surface area contributed by atoms with E-state index in [2.05, 4.69) is 18.1 Å². The molecule has 0 aliphatic heterocycles. The first kappa shape index (κ1) is 12.4. The first-order valence-electron chi connectivity index (χ1n) is 4.44. The Bertz CT molecular complexity index is 305. The molecule has 1 rings (SSSR count). The third-order valence-electron chi connectivity index (χ3n) is 1.43. The molecule has 1 heterocycles. The molecule has 0 unspecified atom stereocenters. The SMILES string of the molecule is C=C/C(C)=C\C(=C)C.Cn1ccnc1. The van der Waals surface area contributed by atoms with Crippen molar-refractivity contribution in [3.63, 3.8) is 0 Å². The lowest BCUT2D eigenvalue weighted by atomic mass is 10.2. The van der Waals surface area contributed by atoms with Gasteiger partial charge < -0.3 is 4.57 Å². The lowest BCUT2D eigenvalue weighted by Crippen LogP contribution is -1.76. The average Bonchev–Trinajstić information content (AvgIpc) is 2.56. The molecule has 2 nitrogen and oxygen atoms in total. The topological polar surface area (TPSA) is 17.8 Å². The summed E-state index contributed by atoms with van der Waals surface area (Å²) in [5.74, 6) is 0. The van der Waals surface area contributed by atoms with E-state index in [9.17, 15) is 0 Å². The van der Waals surface area contributed by atoms with Gasteiger partial charge in [-0.3, -0.25) is 0 Å². The number of allylic oxidation sites excluding steroid dienone is 4. The van der Waals surface area contributed by atoms with Crippen molar-refractivity contribution < 1.29 is 0 Å². The van der Waals surface area contributed by atoms with Crippen molar-refractivity contribution in [2.75, 3.05) is 0 Å². The van der Waals surface area contributed by atoms with Crippen molar-refractivity contribution in [2.45, 2.75) is 13.8 Å². The Morgan fingerprint density at radius 3 is 2.21 bits per heavy atom. The normalized spacial score (nSPS) is 10.1. The number of nitrogens with zero attached hydrogens (tertiary/aromatic N) is 2. The van der Waals surface area contributed by atoms with Crippen LogP contribution in [-0.4, -0.2) is 9.55 Å². The monoisotopic (exact) mass is 190 g/mol. The summed E-state index contributed by atoms with van der Waals surface area (Å²) < 4.78 is 1.89. The molecule has 0 amide bonds. The number of aryl methyl sites for hydroxylation is 1. The molecule has 0 aromatic carbocycles. The zero-order valence-corrected chi connectivity index (χ0v) is 9.20. The Morgan fingerprint density at radius 2 is 2.07 bits per heavy atom. The molecule has 0 spiro atoms. The minimum atomic E-state index is 1.07. The van der Waals surface area contributed by atoms with Gasteiger partial charge >= 0.3 is 0 Å². The fourth-order valence-electron chi connectivity index (χ4n) is 0.773. The summed E-state index contributed by atoms with van der Waals surface area (Å²) in [4.78, 5) is 3.78. The Labute approximate surface area is 86.3 Å². The molecule has 0 saturated carbocycles. The van der Waals surface area contributed by atoms with Crippen LogP contribution in [0.25, 0.3) is 0 Å². The zero-order valence-electron chi connectivity index (χ0n) is 9.20. The van der Waals surface area contributed by atoms with Crippen LogP contribution in [0, 0.1) is 0 Å². The standard InChI is InChI=1S/C8H12.C4H6N2/c1-5-8(4)6-7(2)3;1-6-3-2-5-4-6/h5-6H,1-2H2,3-4H3;2-4H,1H3/b8-6-;. The van der Waals surface area contributed by atoms with E-state index in [1.165, 1.54) is 0 Å². The summed E-state index contributed by atoms with van der Waals surface area (Å²) in [7, 11) is 1.94. The van der Waals surface area contributed by atoms with Crippen LogP contribution in [0.1, 0.15) is 13.8 Å². The van der Waals surface area contributed by atoms with E-state index in [0.29, 0.717) is 0 Å². The molecule has 0 bridgehead atoms. The fourth-order valence-corrected chi connectivity index (χ4v) is 0.773. The van der Waals surface area contributed by atoms with Crippen molar-refractivity contribution in [3.8, 4) is 0 Å². The van der Waals surface area contributed by atoms with Crippen molar-refractivity contribution in [3.05, 3.63) is 55.2 Å². The molecule has 2 heteroatoms. The van der Waals surface area contributed by atoms with E-state index < -0.39 is 0 Å². The van der Waals surface area contributed by atoms with Gasteiger partial charge in [-0.1, -0.05) is 36.5 Å². The molecule has 0 radical (unpaired) electrons. The predicted molar refractivity (Wildman–Crippen MR) is 62.0 cm³/mol. The third kappa shape index (κ3) is 7.10. The largest absolute Gasteiger partial charge is 0.341 e. The second kappa shape index (κ2) is 6.89. The van der Waals surface area contributed by atoms with Gasteiger partial charge in [-0.25, -0.2) is 4.98 Å². The van der Waals surface area contributed by atoms with Crippen molar-refractivity contribution in [1.29, 1.82) is 0 Å². The Morgan fingerprint density at radius 1 is 1.43 bits per heavy atom. The molecule has 0 saturated heterocycles. The van der Waals surface area contributed by atoms with E-state index in [4.69, 9.17) is 0 Å². The van der Waals surface area contributed by atoms with Gasteiger partial charge in [0.25, 0.3) is 0 Å². The summed E-state index contributed by atoms with van der Waals surface area (Å²) in [6.07, 6.45) is 9.20. The summed E-state index contributed by atoms with van der Waals surface area (Å²) in [5, 5.41) is 0. The van der Waals surface area contributed by atoms with Gasteiger partial charge in [0.2, 0.25) is 0 Å². The summed E-state index contributed by atoms with van der Waals surface area (Å²) >= 11 is 0. The molecule has 14 heavy (non-hydrogen) atoms. The van der Waals surface area contributed by atoms with Crippen LogP contribution in [-0.2, 0) is 7.05 Å². The van der Waals surface area contributed by atoms with Gasteiger partial charge in [0.05, 0.1) is 6.33 Å². The second-order valence-electron chi connectivity index (χ2n) is 3.17. The lowest BCUT2D eigenvalue weighted by molar-refractivity contribution is 0.913. The van der Waals surface area contributed by atoms with Crippen molar-refractivity contribution >= 4 is 0 Å². The van der Waals surface area contributed by atoms with Crippen LogP contribution >= 0.6 is 0 Å². The molecule has 1 aromatic rings. The molecular weight excluding hydrogens is 172 g/mol. The zero-order chi connectivity index (χ0) is 11.0. The number of imidazole rings is 1. The van der Waals surface area contributed by atoms with Crippen LogP contribution in [0.5, 0.6) is 0 Å². The lowest BCUT2D eigenvalue weighted by Gasteiger charge is -1.87. The first-order chi connectivity index (χ1) is 6.56. The van der Waals surface area contributed by atoms with Crippen molar-refractivity contribution in [2.24, 2.45) is 7.05 Å². The number of hydrogen-bond acceptors (Lipinski definition) is 1. The number of aromatic nitrogens is 2. The maximum Gasteiger partial charge on any atom is 0.0943 e. The fraction of sp³-hybridized carbons (Fsp3) is 0.250. The van der Waals surface area contributed by atoms with Crippen LogP contribution in [0.4, 0.5) is 0 Å². The van der Waals surface area contributed by atoms with Gasteiger partial charge in [0, 0.05) is 19.4 Å². The number of rotatable bonds is 2. The second-order valence-corrected chi connectivity index (χ2v) is 3.17. The van der Waals surface area contributed by atoms with Crippen LogP contribution in [0.2, 0.25) is 0 Å². The smallest absolute Gasteiger partial charge is 0.0943 e.